The van der Waals surface area contributed by atoms with Crippen molar-refractivity contribution in [3.63, 3.8) is 0 Å². The Morgan fingerprint density at radius 1 is 1.29 bits per heavy atom. The SMILES string of the molecule is COC(=O)CC1CC(NCC(C)(C)C)CN(C2CCC2)C1. The predicted molar refractivity (Wildman–Crippen MR) is 85.2 cm³/mol. The minimum Gasteiger partial charge on any atom is -0.469 e. The van der Waals surface area contributed by atoms with Crippen LogP contribution < -0.4 is 5.32 Å². The third kappa shape index (κ3) is 5.26. The van der Waals surface area contributed by atoms with Crippen LogP contribution in [0.2, 0.25) is 0 Å². The minimum absolute atomic E-state index is 0.0648. The molecule has 1 saturated heterocycles. The van der Waals surface area contributed by atoms with Crippen LogP contribution in [-0.2, 0) is 9.53 Å². The van der Waals surface area contributed by atoms with E-state index in [0.717, 1.165) is 32.1 Å². The molecule has 122 valence electrons. The van der Waals surface area contributed by atoms with Crippen LogP contribution in [-0.4, -0.2) is 49.7 Å². The average molecular weight is 296 g/mol. The molecule has 1 N–H and O–H groups in total. The molecule has 0 radical (unpaired) electrons. The van der Waals surface area contributed by atoms with Crippen LogP contribution >= 0.6 is 0 Å². The topological polar surface area (TPSA) is 41.6 Å². The smallest absolute Gasteiger partial charge is 0.305 e. The third-order valence-corrected chi connectivity index (χ3v) is 4.76. The first-order valence-corrected chi connectivity index (χ1v) is 8.41. The number of hydrogen-bond acceptors (Lipinski definition) is 4. The number of likely N-dealkylation sites (tertiary alicyclic amines) is 1. The number of nitrogens with one attached hydrogen (secondary N) is 1. The molecule has 0 aromatic heterocycles. The van der Waals surface area contributed by atoms with E-state index >= 15 is 0 Å². The quantitative estimate of drug-likeness (QED) is 0.791. The Labute approximate surface area is 129 Å². The van der Waals surface area contributed by atoms with E-state index in [1.807, 2.05) is 0 Å². The van der Waals surface area contributed by atoms with E-state index in [-0.39, 0.29) is 5.97 Å². The number of ether oxygens (including phenoxy) is 1. The highest BCUT2D eigenvalue weighted by atomic mass is 16.5. The summed E-state index contributed by atoms with van der Waals surface area (Å²) in [5.74, 6) is 0.370. The van der Waals surface area contributed by atoms with Gasteiger partial charge in [0.15, 0.2) is 0 Å². The summed E-state index contributed by atoms with van der Waals surface area (Å²) in [6.45, 7) is 10.0. The largest absolute Gasteiger partial charge is 0.469 e. The van der Waals surface area contributed by atoms with Gasteiger partial charge in [-0.2, -0.15) is 0 Å². The molecule has 1 aliphatic carbocycles. The van der Waals surface area contributed by atoms with Crippen molar-refractivity contribution in [1.29, 1.82) is 0 Å². The first-order valence-electron chi connectivity index (χ1n) is 8.41. The predicted octanol–water partition coefficient (Wildman–Crippen LogP) is 2.43. The molecule has 4 heteroatoms. The van der Waals surface area contributed by atoms with Crippen molar-refractivity contribution in [2.24, 2.45) is 11.3 Å². The lowest BCUT2D eigenvalue weighted by molar-refractivity contribution is -0.142. The monoisotopic (exact) mass is 296 g/mol. The molecule has 0 amide bonds. The molecular weight excluding hydrogens is 264 g/mol. The fraction of sp³-hybridized carbons (Fsp3) is 0.941. The molecule has 0 spiro atoms. The normalized spacial score (nSPS) is 28.2. The molecule has 2 aliphatic rings. The van der Waals surface area contributed by atoms with Crippen molar-refractivity contribution in [3.05, 3.63) is 0 Å². The number of piperidine rings is 1. The van der Waals surface area contributed by atoms with Gasteiger partial charge in [0.1, 0.15) is 0 Å². The molecule has 2 atom stereocenters. The van der Waals surface area contributed by atoms with Crippen molar-refractivity contribution in [3.8, 4) is 0 Å². The van der Waals surface area contributed by atoms with Gasteiger partial charge < -0.3 is 10.1 Å². The number of nitrogens with zero attached hydrogens (tertiary/aromatic N) is 1. The molecule has 0 bridgehead atoms. The van der Waals surface area contributed by atoms with Crippen LogP contribution in [0.3, 0.4) is 0 Å². The molecule has 1 saturated carbocycles. The summed E-state index contributed by atoms with van der Waals surface area (Å²) in [6, 6.07) is 1.26. The van der Waals surface area contributed by atoms with E-state index in [1.165, 1.54) is 26.4 Å². The molecule has 2 unspecified atom stereocenters. The second-order valence-corrected chi connectivity index (χ2v) is 8.06. The Morgan fingerprint density at radius 2 is 2.00 bits per heavy atom. The van der Waals surface area contributed by atoms with Gasteiger partial charge >= 0.3 is 5.97 Å². The Morgan fingerprint density at radius 3 is 2.52 bits per heavy atom. The first kappa shape index (κ1) is 16.8. The van der Waals surface area contributed by atoms with Gasteiger partial charge in [0, 0.05) is 38.1 Å². The number of rotatable bonds is 5. The second kappa shape index (κ2) is 7.10. The summed E-state index contributed by atoms with van der Waals surface area (Å²) >= 11 is 0. The van der Waals surface area contributed by atoms with Crippen molar-refractivity contribution in [1.82, 2.24) is 10.2 Å². The molecule has 0 aromatic rings. The maximum absolute atomic E-state index is 11.6. The highest BCUT2D eigenvalue weighted by Gasteiger charge is 2.34. The number of carbonyl (C=O) groups is 1. The molecule has 2 rings (SSSR count). The highest BCUT2D eigenvalue weighted by molar-refractivity contribution is 5.69. The fourth-order valence-corrected chi connectivity index (χ4v) is 3.36. The number of hydrogen-bond donors (Lipinski definition) is 1. The maximum Gasteiger partial charge on any atom is 0.305 e. The molecule has 0 aromatic carbocycles. The standard InChI is InChI=1S/C17H32N2O2/c1-17(2,3)12-18-14-8-13(9-16(20)21-4)10-19(11-14)15-6-5-7-15/h13-15,18H,5-12H2,1-4H3. The van der Waals surface area contributed by atoms with Crippen molar-refractivity contribution in [2.75, 3.05) is 26.7 Å². The molecular formula is C17H32N2O2. The van der Waals surface area contributed by atoms with E-state index < -0.39 is 0 Å². The fourth-order valence-electron chi connectivity index (χ4n) is 3.36. The van der Waals surface area contributed by atoms with Crippen LogP contribution in [0.15, 0.2) is 0 Å². The van der Waals surface area contributed by atoms with Crippen LogP contribution in [0.25, 0.3) is 0 Å². The number of carbonyl (C=O) groups excluding carboxylic acids is 1. The number of esters is 1. The van der Waals surface area contributed by atoms with Gasteiger partial charge in [-0.3, -0.25) is 9.69 Å². The maximum atomic E-state index is 11.6. The molecule has 1 heterocycles. The van der Waals surface area contributed by atoms with Gasteiger partial charge in [0.05, 0.1) is 7.11 Å². The second-order valence-electron chi connectivity index (χ2n) is 8.06. The van der Waals surface area contributed by atoms with Crippen molar-refractivity contribution < 1.29 is 9.53 Å². The summed E-state index contributed by atoms with van der Waals surface area (Å²) in [7, 11) is 1.49. The Hall–Kier alpha value is -0.610. The summed E-state index contributed by atoms with van der Waals surface area (Å²) in [4.78, 5) is 14.2. The first-order chi connectivity index (χ1) is 9.87. The Kier molecular flexibility index (Phi) is 5.67. The van der Waals surface area contributed by atoms with Crippen LogP contribution in [0.5, 0.6) is 0 Å². The van der Waals surface area contributed by atoms with Gasteiger partial charge in [-0.25, -0.2) is 0 Å². The van der Waals surface area contributed by atoms with E-state index in [0.29, 0.717) is 23.8 Å². The zero-order valence-corrected chi connectivity index (χ0v) is 14.2. The van der Waals surface area contributed by atoms with Gasteiger partial charge in [-0.15, -0.1) is 0 Å². The van der Waals surface area contributed by atoms with Crippen molar-refractivity contribution >= 4 is 5.97 Å². The van der Waals surface area contributed by atoms with E-state index in [1.54, 1.807) is 0 Å². The molecule has 4 nitrogen and oxygen atoms in total. The summed E-state index contributed by atoms with van der Waals surface area (Å²) in [5, 5.41) is 3.72. The minimum atomic E-state index is -0.0648. The number of methoxy groups -OCH3 is 1. The van der Waals surface area contributed by atoms with Gasteiger partial charge in [-0.05, 0) is 30.6 Å². The van der Waals surface area contributed by atoms with Crippen LogP contribution in [0, 0.1) is 11.3 Å². The van der Waals surface area contributed by atoms with Crippen molar-refractivity contribution in [2.45, 2.75) is 65.0 Å². The molecule has 2 fully saturated rings. The van der Waals surface area contributed by atoms with Gasteiger partial charge in [-0.1, -0.05) is 27.2 Å². The summed E-state index contributed by atoms with van der Waals surface area (Å²) in [5.41, 5.74) is 0.302. The van der Waals surface area contributed by atoms with E-state index in [2.05, 4.69) is 31.0 Å². The lowest BCUT2D eigenvalue weighted by Gasteiger charge is -2.45. The zero-order valence-electron chi connectivity index (χ0n) is 14.2. The van der Waals surface area contributed by atoms with Crippen LogP contribution in [0.1, 0.15) is 52.9 Å². The van der Waals surface area contributed by atoms with E-state index in [9.17, 15) is 4.79 Å². The lowest BCUT2D eigenvalue weighted by atomic mass is 9.85. The zero-order chi connectivity index (χ0) is 15.5. The molecule has 21 heavy (non-hydrogen) atoms. The summed E-state index contributed by atoms with van der Waals surface area (Å²) < 4.78 is 4.86. The Bertz CT molecular complexity index is 347. The summed E-state index contributed by atoms with van der Waals surface area (Å²) in [6.07, 6.45) is 5.68. The average Bonchev–Trinajstić information content (AvgIpc) is 2.33. The van der Waals surface area contributed by atoms with Gasteiger partial charge in [0.25, 0.3) is 0 Å². The molecule has 1 aliphatic heterocycles. The van der Waals surface area contributed by atoms with Crippen LogP contribution in [0.4, 0.5) is 0 Å². The third-order valence-electron chi connectivity index (χ3n) is 4.76. The van der Waals surface area contributed by atoms with Gasteiger partial charge in [0.2, 0.25) is 0 Å². The van der Waals surface area contributed by atoms with E-state index in [4.69, 9.17) is 4.74 Å². The lowest BCUT2D eigenvalue weighted by Crippen LogP contribution is -2.55. The Balaban J connectivity index is 1.90. The highest BCUT2D eigenvalue weighted by Crippen LogP contribution is 2.30.